The van der Waals surface area contributed by atoms with Crippen LogP contribution >= 0.6 is 0 Å². The van der Waals surface area contributed by atoms with Gasteiger partial charge in [0.05, 0.1) is 6.61 Å². The normalized spacial score (nSPS) is 13.0. The Morgan fingerprint density at radius 2 is 1.91 bits per heavy atom. The van der Waals surface area contributed by atoms with Crippen molar-refractivity contribution in [2.24, 2.45) is 5.16 Å². The van der Waals surface area contributed by atoms with E-state index >= 15 is 0 Å². The Bertz CT molecular complexity index is 136. The van der Waals surface area contributed by atoms with Crippen molar-refractivity contribution in [2.75, 3.05) is 6.61 Å². The van der Waals surface area contributed by atoms with E-state index in [-0.39, 0.29) is 5.60 Å². The van der Waals surface area contributed by atoms with Crippen LogP contribution in [0.4, 0.5) is 0 Å². The topological polar surface area (TPSA) is 30.8 Å². The molecule has 0 bridgehead atoms. The summed E-state index contributed by atoms with van der Waals surface area (Å²) in [6.07, 6.45) is 0. The fourth-order valence-corrected chi connectivity index (χ4v) is 0.436. The van der Waals surface area contributed by atoms with Gasteiger partial charge in [-0.2, -0.15) is 0 Å². The SMILES string of the molecule is CCO/C(C)=N/OC(C)(C)C. The standard InChI is InChI=1S/C8H17NO2/c1-6-10-7(2)9-11-8(3,4)5/h6H2,1-5H3/b9-7+. The number of hydrogen-bond acceptors (Lipinski definition) is 3. The molecule has 0 radical (unpaired) electrons. The molecule has 0 aliphatic rings. The average molecular weight is 159 g/mol. The van der Waals surface area contributed by atoms with Crippen molar-refractivity contribution in [3.05, 3.63) is 0 Å². The molecule has 0 unspecified atom stereocenters. The number of nitrogens with zero attached hydrogens (tertiary/aromatic N) is 1. The summed E-state index contributed by atoms with van der Waals surface area (Å²) in [6.45, 7) is 10.1. The van der Waals surface area contributed by atoms with Gasteiger partial charge in [-0.1, -0.05) is 5.16 Å². The first-order valence-corrected chi connectivity index (χ1v) is 3.81. The first-order chi connectivity index (χ1) is 4.95. The zero-order valence-electron chi connectivity index (χ0n) is 7.97. The van der Waals surface area contributed by atoms with E-state index in [1.165, 1.54) is 0 Å². The monoisotopic (exact) mass is 159 g/mol. The largest absolute Gasteiger partial charge is 0.479 e. The van der Waals surface area contributed by atoms with Crippen LogP contribution in [0.2, 0.25) is 0 Å². The van der Waals surface area contributed by atoms with Gasteiger partial charge in [0.2, 0.25) is 5.90 Å². The quantitative estimate of drug-likeness (QED) is 0.351. The summed E-state index contributed by atoms with van der Waals surface area (Å²) in [5.74, 6) is 0.572. The number of hydrogen-bond donors (Lipinski definition) is 0. The lowest BCUT2D eigenvalue weighted by Gasteiger charge is -2.15. The fourth-order valence-electron chi connectivity index (χ4n) is 0.436. The van der Waals surface area contributed by atoms with Gasteiger partial charge in [0, 0.05) is 6.92 Å². The molecule has 0 amide bonds. The van der Waals surface area contributed by atoms with E-state index in [1.807, 2.05) is 27.7 Å². The number of rotatable bonds is 2. The van der Waals surface area contributed by atoms with Crippen molar-refractivity contribution in [3.63, 3.8) is 0 Å². The number of ether oxygens (including phenoxy) is 1. The molecule has 0 heterocycles. The van der Waals surface area contributed by atoms with E-state index in [1.54, 1.807) is 6.92 Å². The van der Waals surface area contributed by atoms with Crippen molar-refractivity contribution >= 4 is 5.90 Å². The Hall–Kier alpha value is -0.730. The van der Waals surface area contributed by atoms with E-state index in [0.717, 1.165) is 0 Å². The second-order valence-electron chi connectivity index (χ2n) is 3.25. The molecule has 0 saturated carbocycles. The van der Waals surface area contributed by atoms with E-state index in [4.69, 9.17) is 9.57 Å². The van der Waals surface area contributed by atoms with Crippen LogP contribution in [0.1, 0.15) is 34.6 Å². The maximum Gasteiger partial charge on any atom is 0.222 e. The third-order valence-electron chi connectivity index (χ3n) is 0.801. The van der Waals surface area contributed by atoms with Crippen LogP contribution in [0.3, 0.4) is 0 Å². The number of oxime groups is 1. The van der Waals surface area contributed by atoms with E-state index < -0.39 is 0 Å². The van der Waals surface area contributed by atoms with Crippen LogP contribution in [-0.2, 0) is 9.57 Å². The zero-order chi connectivity index (χ0) is 8.91. The molecule has 0 spiro atoms. The molecule has 0 fully saturated rings. The first kappa shape index (κ1) is 10.3. The van der Waals surface area contributed by atoms with Crippen LogP contribution in [0.15, 0.2) is 5.16 Å². The van der Waals surface area contributed by atoms with Crippen molar-refractivity contribution in [3.8, 4) is 0 Å². The van der Waals surface area contributed by atoms with E-state index in [9.17, 15) is 0 Å². The van der Waals surface area contributed by atoms with Gasteiger partial charge in [0.15, 0.2) is 0 Å². The maximum atomic E-state index is 5.11. The predicted octanol–water partition coefficient (Wildman–Crippen LogP) is 2.17. The first-order valence-electron chi connectivity index (χ1n) is 3.81. The predicted molar refractivity (Wildman–Crippen MR) is 45.6 cm³/mol. The Morgan fingerprint density at radius 1 is 1.36 bits per heavy atom. The lowest BCUT2D eigenvalue weighted by Crippen LogP contribution is -2.17. The summed E-state index contributed by atoms with van der Waals surface area (Å²) >= 11 is 0. The van der Waals surface area contributed by atoms with Crippen LogP contribution in [0.5, 0.6) is 0 Å². The van der Waals surface area contributed by atoms with E-state index in [2.05, 4.69) is 5.16 Å². The lowest BCUT2D eigenvalue weighted by atomic mass is 10.2. The van der Waals surface area contributed by atoms with Crippen molar-refractivity contribution < 1.29 is 9.57 Å². The lowest BCUT2D eigenvalue weighted by molar-refractivity contribution is -0.00372. The van der Waals surface area contributed by atoms with Crippen LogP contribution < -0.4 is 0 Å². The molecule has 0 saturated heterocycles. The highest BCUT2D eigenvalue weighted by atomic mass is 16.7. The van der Waals surface area contributed by atoms with Gasteiger partial charge in [0.1, 0.15) is 5.60 Å². The van der Waals surface area contributed by atoms with Crippen molar-refractivity contribution in [1.29, 1.82) is 0 Å². The summed E-state index contributed by atoms with van der Waals surface area (Å²) in [5.41, 5.74) is -0.238. The molecule has 0 aromatic rings. The summed E-state index contributed by atoms with van der Waals surface area (Å²) in [6, 6.07) is 0. The second-order valence-corrected chi connectivity index (χ2v) is 3.25. The molecule has 0 rings (SSSR count). The highest BCUT2D eigenvalue weighted by molar-refractivity contribution is 5.72. The molecule has 0 aromatic heterocycles. The Kier molecular flexibility index (Phi) is 3.93. The highest BCUT2D eigenvalue weighted by Gasteiger charge is 2.10. The van der Waals surface area contributed by atoms with Crippen molar-refractivity contribution in [2.45, 2.75) is 40.2 Å². The summed E-state index contributed by atoms with van der Waals surface area (Å²) in [4.78, 5) is 5.11. The Balaban J connectivity index is 3.73. The molecule has 11 heavy (non-hydrogen) atoms. The van der Waals surface area contributed by atoms with E-state index in [0.29, 0.717) is 12.5 Å². The molecular formula is C8H17NO2. The van der Waals surface area contributed by atoms with Gasteiger partial charge in [-0.15, -0.1) is 0 Å². The van der Waals surface area contributed by atoms with Gasteiger partial charge >= 0.3 is 0 Å². The van der Waals surface area contributed by atoms with Crippen molar-refractivity contribution in [1.82, 2.24) is 0 Å². The molecule has 0 atom stereocenters. The highest BCUT2D eigenvalue weighted by Crippen LogP contribution is 2.06. The molecule has 0 aliphatic heterocycles. The molecular weight excluding hydrogens is 142 g/mol. The summed E-state index contributed by atoms with van der Waals surface area (Å²) < 4.78 is 5.06. The molecule has 0 aliphatic carbocycles. The molecule has 66 valence electrons. The minimum absolute atomic E-state index is 0.238. The third kappa shape index (κ3) is 7.16. The minimum Gasteiger partial charge on any atom is -0.479 e. The Labute approximate surface area is 68.4 Å². The Morgan fingerprint density at radius 3 is 2.27 bits per heavy atom. The molecule has 3 nitrogen and oxygen atoms in total. The smallest absolute Gasteiger partial charge is 0.222 e. The molecule has 0 aromatic carbocycles. The van der Waals surface area contributed by atoms with Gasteiger partial charge in [-0.25, -0.2) is 0 Å². The van der Waals surface area contributed by atoms with Gasteiger partial charge < -0.3 is 9.57 Å². The molecule has 0 N–H and O–H groups in total. The fraction of sp³-hybridized carbons (Fsp3) is 0.875. The minimum atomic E-state index is -0.238. The van der Waals surface area contributed by atoms with Crippen LogP contribution in [-0.4, -0.2) is 18.1 Å². The van der Waals surface area contributed by atoms with Gasteiger partial charge in [-0.05, 0) is 27.7 Å². The van der Waals surface area contributed by atoms with Crippen LogP contribution in [0, 0.1) is 0 Å². The zero-order valence-corrected chi connectivity index (χ0v) is 7.97. The average Bonchev–Trinajstić information content (AvgIpc) is 1.83. The molecule has 3 heteroatoms. The van der Waals surface area contributed by atoms with Gasteiger partial charge in [-0.3, -0.25) is 0 Å². The van der Waals surface area contributed by atoms with Gasteiger partial charge in [0.25, 0.3) is 0 Å². The maximum absolute atomic E-state index is 5.11. The summed E-state index contributed by atoms with van der Waals surface area (Å²) in [7, 11) is 0. The van der Waals surface area contributed by atoms with Crippen LogP contribution in [0.25, 0.3) is 0 Å². The third-order valence-corrected chi connectivity index (χ3v) is 0.801. The summed E-state index contributed by atoms with van der Waals surface area (Å²) in [5, 5.41) is 3.78. The second kappa shape index (κ2) is 4.21.